The lowest BCUT2D eigenvalue weighted by Crippen LogP contribution is -2.54. The molecule has 3 nitrogen and oxygen atoms in total. The van der Waals surface area contributed by atoms with Crippen molar-refractivity contribution in [2.75, 3.05) is 0 Å². The first-order chi connectivity index (χ1) is 14.7. The summed E-state index contributed by atoms with van der Waals surface area (Å²) < 4.78 is 0. The summed E-state index contributed by atoms with van der Waals surface area (Å²) in [5.41, 5.74) is 4.33. The Hall–Kier alpha value is -2.68. The SMILES string of the molecule is O=C(NC1=NC(c2ccccc2)=C(c2ccccc2)C1)C12CC3CC(CC(C3)C1)C2. The van der Waals surface area contributed by atoms with Crippen LogP contribution in [0.2, 0.25) is 0 Å². The summed E-state index contributed by atoms with van der Waals surface area (Å²) in [5, 5.41) is 3.30. The molecular formula is C27H28N2O. The number of amides is 1. The summed E-state index contributed by atoms with van der Waals surface area (Å²) in [5.74, 6) is 3.36. The number of hydrogen-bond acceptors (Lipinski definition) is 2. The highest BCUT2D eigenvalue weighted by atomic mass is 16.2. The Morgan fingerprint density at radius 3 is 1.90 bits per heavy atom. The maximum atomic E-state index is 13.5. The van der Waals surface area contributed by atoms with Gasteiger partial charge < -0.3 is 5.32 Å². The lowest BCUT2D eigenvalue weighted by molar-refractivity contribution is -0.144. The molecule has 4 fully saturated rings. The fraction of sp³-hybridized carbons (Fsp3) is 0.407. The van der Waals surface area contributed by atoms with Gasteiger partial charge in [-0.1, -0.05) is 60.7 Å². The normalized spacial score (nSPS) is 31.7. The Balaban J connectivity index is 1.28. The van der Waals surface area contributed by atoms with Gasteiger partial charge in [0, 0.05) is 12.0 Å². The zero-order valence-corrected chi connectivity index (χ0v) is 17.3. The van der Waals surface area contributed by atoms with Crippen LogP contribution < -0.4 is 5.32 Å². The third-order valence-electron chi connectivity index (χ3n) is 7.82. The van der Waals surface area contributed by atoms with Crippen LogP contribution in [0.1, 0.15) is 56.1 Å². The molecule has 0 spiro atoms. The van der Waals surface area contributed by atoms with Gasteiger partial charge >= 0.3 is 0 Å². The first-order valence-corrected chi connectivity index (χ1v) is 11.4. The molecule has 0 radical (unpaired) electrons. The molecule has 1 N–H and O–H groups in total. The fourth-order valence-corrected chi connectivity index (χ4v) is 6.93. The molecule has 0 atom stereocenters. The molecule has 152 valence electrons. The van der Waals surface area contributed by atoms with Crippen LogP contribution in [0.3, 0.4) is 0 Å². The van der Waals surface area contributed by atoms with E-state index < -0.39 is 0 Å². The van der Waals surface area contributed by atoms with Crippen molar-refractivity contribution in [3.63, 3.8) is 0 Å². The van der Waals surface area contributed by atoms with E-state index in [2.05, 4.69) is 41.7 Å². The molecule has 1 aliphatic heterocycles. The minimum Gasteiger partial charge on any atom is -0.313 e. The first-order valence-electron chi connectivity index (χ1n) is 11.4. The molecule has 2 aromatic rings. The van der Waals surface area contributed by atoms with Crippen molar-refractivity contribution >= 4 is 23.0 Å². The summed E-state index contributed by atoms with van der Waals surface area (Å²) in [6.45, 7) is 0. The number of hydrogen-bond donors (Lipinski definition) is 1. The number of amidine groups is 1. The lowest BCUT2D eigenvalue weighted by atomic mass is 9.49. The van der Waals surface area contributed by atoms with Crippen molar-refractivity contribution in [3.05, 3.63) is 71.8 Å². The topological polar surface area (TPSA) is 41.5 Å². The van der Waals surface area contributed by atoms with Crippen LogP contribution in [-0.4, -0.2) is 11.7 Å². The third kappa shape index (κ3) is 3.03. The van der Waals surface area contributed by atoms with Crippen LogP contribution in [-0.2, 0) is 4.79 Å². The van der Waals surface area contributed by atoms with Gasteiger partial charge in [-0.05, 0) is 67.4 Å². The molecule has 1 amide bonds. The van der Waals surface area contributed by atoms with Crippen LogP contribution in [0, 0.1) is 23.2 Å². The van der Waals surface area contributed by atoms with Crippen molar-refractivity contribution in [2.45, 2.75) is 44.9 Å². The van der Waals surface area contributed by atoms with E-state index in [-0.39, 0.29) is 11.3 Å². The summed E-state index contributed by atoms with van der Waals surface area (Å²) in [7, 11) is 0. The van der Waals surface area contributed by atoms with E-state index in [1.54, 1.807) is 0 Å². The maximum Gasteiger partial charge on any atom is 0.231 e. The molecule has 4 bridgehead atoms. The zero-order valence-electron chi connectivity index (χ0n) is 17.3. The van der Waals surface area contributed by atoms with Gasteiger partial charge in [0.15, 0.2) is 0 Å². The zero-order chi connectivity index (χ0) is 20.1. The van der Waals surface area contributed by atoms with Gasteiger partial charge in [-0.15, -0.1) is 0 Å². The predicted molar refractivity (Wildman–Crippen MR) is 120 cm³/mol. The largest absolute Gasteiger partial charge is 0.313 e. The molecule has 1 heterocycles. The number of carbonyl (C=O) groups excluding carboxylic acids is 1. The molecule has 2 aromatic carbocycles. The Morgan fingerprint density at radius 1 is 0.800 bits per heavy atom. The Bertz CT molecular complexity index is 1000. The van der Waals surface area contributed by atoms with Gasteiger partial charge in [0.1, 0.15) is 5.84 Å². The summed E-state index contributed by atoms with van der Waals surface area (Å²) in [6.07, 6.45) is 8.00. The Kier molecular flexibility index (Phi) is 4.19. The van der Waals surface area contributed by atoms with E-state index in [9.17, 15) is 4.79 Å². The Morgan fingerprint density at radius 2 is 1.33 bits per heavy atom. The van der Waals surface area contributed by atoms with Crippen LogP contribution in [0.4, 0.5) is 0 Å². The summed E-state index contributed by atoms with van der Waals surface area (Å²) >= 11 is 0. The highest BCUT2D eigenvalue weighted by Crippen LogP contribution is 2.60. The summed E-state index contributed by atoms with van der Waals surface area (Å²) in [4.78, 5) is 18.5. The number of aliphatic imine (C=N–C) groups is 1. The van der Waals surface area contributed by atoms with Crippen molar-refractivity contribution in [3.8, 4) is 0 Å². The van der Waals surface area contributed by atoms with E-state index in [1.807, 2.05) is 24.3 Å². The second kappa shape index (κ2) is 6.94. The molecule has 3 heteroatoms. The van der Waals surface area contributed by atoms with E-state index in [0.29, 0.717) is 6.42 Å². The van der Waals surface area contributed by atoms with Crippen LogP contribution in [0.25, 0.3) is 11.3 Å². The van der Waals surface area contributed by atoms with Gasteiger partial charge in [-0.25, -0.2) is 4.99 Å². The van der Waals surface area contributed by atoms with Crippen molar-refractivity contribution < 1.29 is 4.79 Å². The van der Waals surface area contributed by atoms with Crippen molar-refractivity contribution in [2.24, 2.45) is 28.2 Å². The van der Waals surface area contributed by atoms with Gasteiger partial charge in [0.2, 0.25) is 5.91 Å². The molecule has 30 heavy (non-hydrogen) atoms. The molecule has 0 aromatic heterocycles. The predicted octanol–water partition coefficient (Wildman–Crippen LogP) is 5.69. The second-order valence-corrected chi connectivity index (χ2v) is 9.95. The Labute approximate surface area is 178 Å². The monoisotopic (exact) mass is 396 g/mol. The van der Waals surface area contributed by atoms with E-state index >= 15 is 0 Å². The average Bonchev–Trinajstić information content (AvgIpc) is 3.18. The number of rotatable bonds is 3. The lowest BCUT2D eigenvalue weighted by Gasteiger charge is -2.55. The van der Waals surface area contributed by atoms with Crippen molar-refractivity contribution in [1.82, 2.24) is 5.32 Å². The molecule has 4 aliphatic carbocycles. The van der Waals surface area contributed by atoms with Gasteiger partial charge in [-0.2, -0.15) is 0 Å². The number of nitrogens with one attached hydrogen (secondary N) is 1. The van der Waals surface area contributed by atoms with E-state index in [1.165, 1.54) is 30.4 Å². The molecule has 5 aliphatic rings. The van der Waals surface area contributed by atoms with Crippen molar-refractivity contribution in [1.29, 1.82) is 0 Å². The standard InChI is InChI=1S/C27H28N2O/c30-26(27-15-18-11-19(16-27)13-20(12-18)17-27)29-24-14-23(21-7-3-1-4-8-21)25(28-24)22-9-5-2-6-10-22/h1-10,18-20H,11-17H2,(H,28,29,30). The van der Waals surface area contributed by atoms with Crippen LogP contribution in [0.5, 0.6) is 0 Å². The minimum atomic E-state index is -0.139. The minimum absolute atomic E-state index is 0.139. The van der Waals surface area contributed by atoms with Gasteiger partial charge in [0.25, 0.3) is 0 Å². The van der Waals surface area contributed by atoms with Gasteiger partial charge in [0.05, 0.1) is 11.1 Å². The number of carbonyl (C=O) groups is 1. The second-order valence-electron chi connectivity index (χ2n) is 9.95. The van der Waals surface area contributed by atoms with E-state index in [4.69, 9.17) is 4.99 Å². The molecule has 0 saturated heterocycles. The fourth-order valence-electron chi connectivity index (χ4n) is 6.93. The van der Waals surface area contributed by atoms with Crippen LogP contribution in [0.15, 0.2) is 65.7 Å². The molecule has 0 unspecified atom stereocenters. The highest BCUT2D eigenvalue weighted by Gasteiger charge is 2.54. The van der Waals surface area contributed by atoms with Crippen LogP contribution >= 0.6 is 0 Å². The quantitative estimate of drug-likeness (QED) is 0.711. The van der Waals surface area contributed by atoms with E-state index in [0.717, 1.165) is 54.1 Å². The maximum absolute atomic E-state index is 13.5. The molecule has 7 rings (SSSR count). The first kappa shape index (κ1) is 18.1. The average molecular weight is 397 g/mol. The number of nitrogens with zero attached hydrogens (tertiary/aromatic N) is 1. The summed E-state index contributed by atoms with van der Waals surface area (Å²) in [6, 6.07) is 20.8. The molecular weight excluding hydrogens is 368 g/mol. The third-order valence-corrected chi connectivity index (χ3v) is 7.82. The molecule has 4 saturated carbocycles. The smallest absolute Gasteiger partial charge is 0.231 e. The number of benzene rings is 2. The van der Waals surface area contributed by atoms with Gasteiger partial charge in [-0.3, -0.25) is 4.79 Å². The highest BCUT2D eigenvalue weighted by molar-refractivity contribution is 6.14.